The van der Waals surface area contributed by atoms with Gasteiger partial charge in [-0.15, -0.1) is 0 Å². The van der Waals surface area contributed by atoms with Crippen LogP contribution in [0.5, 0.6) is 0 Å². The summed E-state index contributed by atoms with van der Waals surface area (Å²) in [6.45, 7) is 4.19. The molecule has 0 aliphatic heterocycles. The van der Waals surface area contributed by atoms with Crippen molar-refractivity contribution in [3.63, 3.8) is 0 Å². The number of nitrogens with one attached hydrogen (secondary N) is 2. The summed E-state index contributed by atoms with van der Waals surface area (Å²) in [6.07, 6.45) is 8.59. The average Bonchev–Trinajstić information content (AvgIpc) is 3.43. The molecule has 32 heavy (non-hydrogen) atoms. The number of carbonyl (C=O) groups excluding carboxylic acids is 1. The standard InChI is InChI=1S/C22H17FN6O.C2H6/c1-29-13-18(12-28-29)16-7-20-17(11-26-21(20)25-10-16)6-15(8-24)22(30)27-9-14-2-4-19(23)5-3-14;1-2/h2-7,10-13H,9H2,1H3,(H,25,26)(H,27,30);1-2H3/b15-6+;. The molecule has 3 heterocycles. The van der Waals surface area contributed by atoms with E-state index in [2.05, 4.69) is 20.4 Å². The molecule has 4 rings (SSSR count). The van der Waals surface area contributed by atoms with E-state index in [1.165, 1.54) is 18.2 Å². The molecular weight excluding hydrogens is 407 g/mol. The topological polar surface area (TPSA) is 99.4 Å². The minimum atomic E-state index is -0.507. The molecule has 0 aliphatic carbocycles. The number of amides is 1. The van der Waals surface area contributed by atoms with Crippen LogP contribution in [-0.2, 0) is 18.4 Å². The monoisotopic (exact) mass is 430 g/mol. The fraction of sp³-hybridized carbons (Fsp3) is 0.167. The van der Waals surface area contributed by atoms with E-state index in [0.29, 0.717) is 11.2 Å². The highest BCUT2D eigenvalue weighted by molar-refractivity contribution is 6.03. The molecular formula is C24H23FN6O. The van der Waals surface area contributed by atoms with Crippen molar-refractivity contribution in [2.45, 2.75) is 20.4 Å². The maximum atomic E-state index is 13.0. The third-order valence-corrected chi connectivity index (χ3v) is 4.63. The van der Waals surface area contributed by atoms with Crippen LogP contribution < -0.4 is 5.32 Å². The number of carbonyl (C=O) groups is 1. The van der Waals surface area contributed by atoms with Crippen molar-refractivity contribution in [1.82, 2.24) is 25.1 Å². The highest BCUT2D eigenvalue weighted by atomic mass is 19.1. The zero-order valence-corrected chi connectivity index (χ0v) is 18.1. The first-order valence-corrected chi connectivity index (χ1v) is 10.1. The van der Waals surface area contributed by atoms with Gasteiger partial charge in [0.1, 0.15) is 23.1 Å². The van der Waals surface area contributed by atoms with E-state index in [-0.39, 0.29) is 17.9 Å². The van der Waals surface area contributed by atoms with Crippen LogP contribution in [0.25, 0.3) is 28.2 Å². The summed E-state index contributed by atoms with van der Waals surface area (Å²) >= 11 is 0. The summed E-state index contributed by atoms with van der Waals surface area (Å²) in [4.78, 5) is 19.9. The Balaban J connectivity index is 0.00000141. The summed E-state index contributed by atoms with van der Waals surface area (Å²) in [5, 5.41) is 17.1. The number of H-pyrrole nitrogens is 1. The molecule has 0 fully saturated rings. The van der Waals surface area contributed by atoms with Gasteiger partial charge in [-0.25, -0.2) is 9.37 Å². The van der Waals surface area contributed by atoms with Gasteiger partial charge in [0, 0.05) is 54.3 Å². The van der Waals surface area contributed by atoms with Gasteiger partial charge in [0.05, 0.1) is 6.20 Å². The van der Waals surface area contributed by atoms with E-state index >= 15 is 0 Å². The van der Waals surface area contributed by atoms with E-state index in [4.69, 9.17) is 0 Å². The maximum Gasteiger partial charge on any atom is 0.262 e. The van der Waals surface area contributed by atoms with Crippen molar-refractivity contribution in [3.8, 4) is 17.2 Å². The van der Waals surface area contributed by atoms with E-state index < -0.39 is 5.91 Å². The summed E-state index contributed by atoms with van der Waals surface area (Å²) < 4.78 is 14.7. The molecule has 1 aromatic carbocycles. The lowest BCUT2D eigenvalue weighted by atomic mass is 10.1. The highest BCUT2D eigenvalue weighted by Crippen LogP contribution is 2.25. The molecule has 0 radical (unpaired) electrons. The second-order valence-electron chi connectivity index (χ2n) is 6.75. The Kier molecular flexibility index (Phi) is 7.13. The van der Waals surface area contributed by atoms with E-state index in [1.807, 2.05) is 39.2 Å². The third kappa shape index (κ3) is 5.08. The second kappa shape index (κ2) is 10.2. The SMILES string of the molecule is CC.Cn1cc(-c2cnc3[nH]cc(/C=C(\C#N)C(=O)NCc4ccc(F)cc4)c3c2)cn1. The molecule has 0 unspecified atom stereocenters. The van der Waals surface area contributed by atoms with Crippen LogP contribution in [0.15, 0.2) is 60.7 Å². The van der Waals surface area contributed by atoms with E-state index in [0.717, 1.165) is 22.1 Å². The van der Waals surface area contributed by atoms with Crippen molar-refractivity contribution in [2.24, 2.45) is 7.05 Å². The number of hydrogen-bond acceptors (Lipinski definition) is 4. The molecule has 162 valence electrons. The molecule has 7 nitrogen and oxygen atoms in total. The molecule has 0 saturated carbocycles. The number of halogens is 1. The average molecular weight is 430 g/mol. The Morgan fingerprint density at radius 1 is 1.25 bits per heavy atom. The fourth-order valence-electron chi connectivity index (χ4n) is 3.06. The number of rotatable bonds is 5. The summed E-state index contributed by atoms with van der Waals surface area (Å²) in [6, 6.07) is 9.68. The van der Waals surface area contributed by atoms with Crippen LogP contribution >= 0.6 is 0 Å². The Morgan fingerprint density at radius 3 is 2.66 bits per heavy atom. The smallest absolute Gasteiger partial charge is 0.262 e. The minimum Gasteiger partial charge on any atom is -0.347 e. The summed E-state index contributed by atoms with van der Waals surface area (Å²) in [5.41, 5.74) is 3.82. The van der Waals surface area contributed by atoms with Gasteiger partial charge in [0.2, 0.25) is 0 Å². The Morgan fingerprint density at radius 2 is 2.00 bits per heavy atom. The first-order valence-electron chi connectivity index (χ1n) is 10.1. The van der Waals surface area contributed by atoms with Gasteiger partial charge < -0.3 is 10.3 Å². The predicted molar refractivity (Wildman–Crippen MR) is 121 cm³/mol. The number of aromatic amines is 1. The van der Waals surface area contributed by atoms with Crippen LogP contribution in [0.4, 0.5) is 4.39 Å². The molecule has 0 atom stereocenters. The number of pyridine rings is 1. The minimum absolute atomic E-state index is 0.0372. The van der Waals surface area contributed by atoms with Crippen molar-refractivity contribution in [3.05, 3.63) is 77.6 Å². The van der Waals surface area contributed by atoms with Gasteiger partial charge in [-0.2, -0.15) is 10.4 Å². The van der Waals surface area contributed by atoms with Crippen molar-refractivity contribution < 1.29 is 9.18 Å². The molecule has 8 heteroatoms. The molecule has 3 aromatic heterocycles. The first kappa shape index (κ1) is 22.4. The molecule has 0 bridgehead atoms. The second-order valence-corrected chi connectivity index (χ2v) is 6.75. The molecule has 2 N–H and O–H groups in total. The quantitative estimate of drug-likeness (QED) is 0.363. The Labute approximate surface area is 185 Å². The largest absolute Gasteiger partial charge is 0.347 e. The number of fused-ring (bicyclic) bond motifs is 1. The number of nitrogens with zero attached hydrogens (tertiary/aromatic N) is 4. The fourth-order valence-corrected chi connectivity index (χ4v) is 3.06. The zero-order chi connectivity index (χ0) is 23.1. The highest BCUT2D eigenvalue weighted by Gasteiger charge is 2.12. The van der Waals surface area contributed by atoms with Gasteiger partial charge in [0.25, 0.3) is 5.91 Å². The normalized spacial score (nSPS) is 10.9. The Bertz CT molecular complexity index is 1290. The van der Waals surface area contributed by atoms with Crippen LogP contribution in [0.2, 0.25) is 0 Å². The molecule has 1 amide bonds. The van der Waals surface area contributed by atoms with Crippen molar-refractivity contribution in [1.29, 1.82) is 5.26 Å². The molecule has 0 saturated heterocycles. The van der Waals surface area contributed by atoms with Crippen LogP contribution in [-0.4, -0.2) is 25.7 Å². The number of benzene rings is 1. The maximum absolute atomic E-state index is 13.0. The van der Waals surface area contributed by atoms with Crippen LogP contribution in [0.3, 0.4) is 0 Å². The lowest BCUT2D eigenvalue weighted by Gasteiger charge is -2.04. The molecule has 4 aromatic rings. The van der Waals surface area contributed by atoms with E-state index in [9.17, 15) is 14.4 Å². The first-order chi connectivity index (χ1) is 15.5. The van der Waals surface area contributed by atoms with Crippen LogP contribution in [0, 0.1) is 17.1 Å². The van der Waals surface area contributed by atoms with Gasteiger partial charge in [0.15, 0.2) is 0 Å². The summed E-state index contributed by atoms with van der Waals surface area (Å²) in [5.74, 6) is -0.853. The zero-order valence-electron chi connectivity index (χ0n) is 18.1. The number of aryl methyl sites for hydroxylation is 1. The van der Waals surface area contributed by atoms with Crippen molar-refractivity contribution in [2.75, 3.05) is 0 Å². The predicted octanol–water partition coefficient (Wildman–Crippen LogP) is 4.35. The lowest BCUT2D eigenvalue weighted by Crippen LogP contribution is -2.23. The van der Waals surface area contributed by atoms with Crippen molar-refractivity contribution >= 4 is 23.0 Å². The number of hydrogen-bond donors (Lipinski definition) is 2. The van der Waals surface area contributed by atoms with Crippen LogP contribution in [0.1, 0.15) is 25.0 Å². The summed E-state index contributed by atoms with van der Waals surface area (Å²) in [7, 11) is 1.84. The van der Waals surface area contributed by atoms with Gasteiger partial charge in [-0.3, -0.25) is 9.48 Å². The third-order valence-electron chi connectivity index (χ3n) is 4.63. The molecule has 0 aliphatic rings. The van der Waals surface area contributed by atoms with Gasteiger partial charge >= 0.3 is 0 Å². The number of aromatic nitrogens is 4. The lowest BCUT2D eigenvalue weighted by molar-refractivity contribution is -0.117. The van der Waals surface area contributed by atoms with Gasteiger partial charge in [-0.1, -0.05) is 26.0 Å². The van der Waals surface area contributed by atoms with E-state index in [1.54, 1.807) is 35.4 Å². The number of nitriles is 1. The van der Waals surface area contributed by atoms with Gasteiger partial charge in [-0.05, 0) is 29.8 Å². The Hall–Kier alpha value is -4.25. The molecule has 0 spiro atoms.